The second kappa shape index (κ2) is 5.13. The molecule has 0 saturated carbocycles. The molecule has 0 N–H and O–H groups in total. The molecule has 1 aromatic heterocycles. The molecule has 2 aromatic carbocycles. The minimum atomic E-state index is -0.581. The van der Waals surface area contributed by atoms with Crippen LogP contribution in [-0.2, 0) is 0 Å². The molecule has 0 aliphatic heterocycles. The van der Waals surface area contributed by atoms with Crippen LogP contribution in [0.2, 0.25) is 0 Å². The predicted molar refractivity (Wildman–Crippen MR) is 78.4 cm³/mol. The number of aromatic nitrogens is 2. The maximum Gasteiger partial charge on any atom is 0.126 e. The van der Waals surface area contributed by atoms with Crippen molar-refractivity contribution in [2.24, 2.45) is 0 Å². The van der Waals surface area contributed by atoms with Gasteiger partial charge in [0.2, 0.25) is 0 Å². The van der Waals surface area contributed by atoms with Crippen LogP contribution < -0.4 is 0 Å². The summed E-state index contributed by atoms with van der Waals surface area (Å²) >= 11 is 0. The van der Waals surface area contributed by atoms with Gasteiger partial charge >= 0.3 is 0 Å². The van der Waals surface area contributed by atoms with Gasteiger partial charge in [0.15, 0.2) is 0 Å². The van der Waals surface area contributed by atoms with E-state index in [1.54, 1.807) is 4.68 Å². The van der Waals surface area contributed by atoms with Gasteiger partial charge in [0.1, 0.15) is 11.6 Å². The van der Waals surface area contributed by atoms with Crippen LogP contribution in [-0.4, -0.2) is 9.78 Å². The monoisotopic (exact) mass is 284 g/mol. The lowest BCUT2D eigenvalue weighted by atomic mass is 10.0. The van der Waals surface area contributed by atoms with Gasteiger partial charge in [-0.25, -0.2) is 13.5 Å². The van der Waals surface area contributed by atoms with Gasteiger partial charge in [0, 0.05) is 12.3 Å². The second-order valence-corrected chi connectivity index (χ2v) is 5.06. The lowest BCUT2D eigenvalue weighted by Gasteiger charge is -2.10. The molecule has 0 fully saturated rings. The van der Waals surface area contributed by atoms with Crippen molar-refractivity contribution in [1.29, 1.82) is 0 Å². The fourth-order valence-corrected chi connectivity index (χ4v) is 2.31. The molecule has 4 heteroatoms. The molecule has 0 aliphatic carbocycles. The van der Waals surface area contributed by atoms with Crippen molar-refractivity contribution >= 4 is 0 Å². The Morgan fingerprint density at radius 3 is 2.19 bits per heavy atom. The van der Waals surface area contributed by atoms with Crippen LogP contribution in [0.3, 0.4) is 0 Å². The third-order valence-corrected chi connectivity index (χ3v) is 3.37. The first-order chi connectivity index (χ1) is 10.0. The minimum absolute atomic E-state index is 0.512. The molecule has 3 aromatic rings. The summed E-state index contributed by atoms with van der Waals surface area (Å²) in [6.45, 7) is 3.89. The summed E-state index contributed by atoms with van der Waals surface area (Å²) < 4.78 is 28.5. The van der Waals surface area contributed by atoms with Crippen molar-refractivity contribution in [1.82, 2.24) is 9.78 Å². The predicted octanol–water partition coefficient (Wildman–Crippen LogP) is 4.43. The summed E-state index contributed by atoms with van der Waals surface area (Å²) in [5, 5.41) is 4.38. The Morgan fingerprint density at radius 2 is 1.57 bits per heavy atom. The summed E-state index contributed by atoms with van der Waals surface area (Å²) in [6, 6.07) is 11.1. The lowest BCUT2D eigenvalue weighted by molar-refractivity contribution is 0.584. The topological polar surface area (TPSA) is 17.8 Å². The smallest absolute Gasteiger partial charge is 0.126 e. The molecule has 21 heavy (non-hydrogen) atoms. The Morgan fingerprint density at radius 1 is 0.857 bits per heavy atom. The Kier molecular flexibility index (Phi) is 3.29. The van der Waals surface area contributed by atoms with Crippen molar-refractivity contribution in [3.05, 3.63) is 71.6 Å². The van der Waals surface area contributed by atoms with Gasteiger partial charge in [-0.15, -0.1) is 0 Å². The first kappa shape index (κ1) is 13.5. The average Bonchev–Trinajstić information content (AvgIpc) is 2.84. The van der Waals surface area contributed by atoms with Crippen LogP contribution in [0.5, 0.6) is 0 Å². The lowest BCUT2D eigenvalue weighted by Crippen LogP contribution is -1.98. The fraction of sp³-hybridized carbons (Fsp3) is 0.118. The van der Waals surface area contributed by atoms with E-state index in [2.05, 4.69) is 5.10 Å². The number of nitrogens with zero attached hydrogens (tertiary/aromatic N) is 2. The maximum atomic E-state index is 13.4. The van der Waals surface area contributed by atoms with E-state index >= 15 is 0 Å². The van der Waals surface area contributed by atoms with E-state index < -0.39 is 11.6 Å². The molecule has 0 atom stereocenters. The van der Waals surface area contributed by atoms with Crippen LogP contribution >= 0.6 is 0 Å². The summed E-state index contributed by atoms with van der Waals surface area (Å²) in [7, 11) is 0. The molecule has 0 bridgehead atoms. The van der Waals surface area contributed by atoms with Crippen molar-refractivity contribution < 1.29 is 8.78 Å². The quantitative estimate of drug-likeness (QED) is 0.680. The summed E-state index contributed by atoms with van der Waals surface area (Å²) in [6.07, 6.45) is 1.87. The number of halogens is 2. The van der Waals surface area contributed by atoms with E-state index in [1.165, 1.54) is 12.1 Å². The Bertz CT molecular complexity index is 786. The molecule has 1 heterocycles. The molecule has 0 aliphatic rings. The highest BCUT2D eigenvalue weighted by molar-refractivity contribution is 5.67. The Labute approximate surface area is 121 Å². The van der Waals surface area contributed by atoms with Gasteiger partial charge < -0.3 is 0 Å². The van der Waals surface area contributed by atoms with E-state index in [1.807, 2.05) is 44.3 Å². The molecule has 0 saturated heterocycles. The zero-order chi connectivity index (χ0) is 15.0. The molecule has 0 spiro atoms. The highest BCUT2D eigenvalue weighted by atomic mass is 19.1. The first-order valence-corrected chi connectivity index (χ1v) is 6.63. The van der Waals surface area contributed by atoms with E-state index in [4.69, 9.17) is 0 Å². The molecule has 0 unspecified atom stereocenters. The second-order valence-electron chi connectivity index (χ2n) is 5.06. The van der Waals surface area contributed by atoms with Crippen LogP contribution in [0.15, 0.2) is 48.7 Å². The zero-order valence-electron chi connectivity index (χ0n) is 11.8. The highest BCUT2D eigenvalue weighted by Gasteiger charge is 2.08. The average molecular weight is 284 g/mol. The van der Waals surface area contributed by atoms with Crippen molar-refractivity contribution in [2.45, 2.75) is 13.8 Å². The number of benzene rings is 2. The zero-order valence-corrected chi connectivity index (χ0v) is 11.8. The van der Waals surface area contributed by atoms with E-state index in [-0.39, 0.29) is 0 Å². The SMILES string of the molecule is Cc1ccn(-c2cc(-c3cc(F)cc(F)c3)ccc2C)n1. The van der Waals surface area contributed by atoms with Gasteiger partial charge in [0.05, 0.1) is 11.4 Å². The summed E-state index contributed by atoms with van der Waals surface area (Å²) in [4.78, 5) is 0. The van der Waals surface area contributed by atoms with Gasteiger partial charge in [-0.05, 0) is 54.8 Å². The third kappa shape index (κ3) is 2.70. The third-order valence-electron chi connectivity index (χ3n) is 3.37. The number of rotatable bonds is 2. The minimum Gasteiger partial charge on any atom is -0.240 e. The van der Waals surface area contributed by atoms with Crippen LogP contribution in [0.25, 0.3) is 16.8 Å². The molecule has 106 valence electrons. The molecular formula is C17H14F2N2. The van der Waals surface area contributed by atoms with Crippen LogP contribution in [0.4, 0.5) is 8.78 Å². The van der Waals surface area contributed by atoms with E-state index in [9.17, 15) is 8.78 Å². The van der Waals surface area contributed by atoms with Gasteiger partial charge in [-0.2, -0.15) is 5.10 Å². The standard InChI is InChI=1S/C17H14F2N2/c1-11-3-4-13(14-7-15(18)10-16(19)8-14)9-17(11)21-6-5-12(2)20-21/h3-10H,1-2H3. The first-order valence-electron chi connectivity index (χ1n) is 6.63. The molecule has 3 rings (SSSR count). The van der Waals surface area contributed by atoms with Crippen LogP contribution in [0.1, 0.15) is 11.3 Å². The largest absolute Gasteiger partial charge is 0.240 e. The summed E-state index contributed by atoms with van der Waals surface area (Å²) in [5.41, 5.74) is 4.11. The Hall–Kier alpha value is -2.49. The van der Waals surface area contributed by atoms with Crippen molar-refractivity contribution in [3.8, 4) is 16.8 Å². The van der Waals surface area contributed by atoms with Crippen molar-refractivity contribution in [2.75, 3.05) is 0 Å². The molecular weight excluding hydrogens is 270 g/mol. The van der Waals surface area contributed by atoms with Gasteiger partial charge in [0.25, 0.3) is 0 Å². The van der Waals surface area contributed by atoms with E-state index in [0.29, 0.717) is 5.56 Å². The number of hydrogen-bond donors (Lipinski definition) is 0. The molecule has 0 amide bonds. The normalized spacial score (nSPS) is 10.9. The number of hydrogen-bond acceptors (Lipinski definition) is 1. The Balaban J connectivity index is 2.13. The van der Waals surface area contributed by atoms with Crippen molar-refractivity contribution in [3.63, 3.8) is 0 Å². The van der Waals surface area contributed by atoms with Crippen LogP contribution in [0, 0.1) is 25.5 Å². The maximum absolute atomic E-state index is 13.4. The van der Waals surface area contributed by atoms with Gasteiger partial charge in [-0.3, -0.25) is 0 Å². The fourth-order valence-electron chi connectivity index (χ4n) is 2.31. The summed E-state index contributed by atoms with van der Waals surface area (Å²) in [5.74, 6) is -1.16. The van der Waals surface area contributed by atoms with E-state index in [0.717, 1.165) is 28.6 Å². The number of aryl methyl sites for hydroxylation is 2. The molecule has 0 radical (unpaired) electrons. The molecule has 2 nitrogen and oxygen atoms in total. The highest BCUT2D eigenvalue weighted by Crippen LogP contribution is 2.26. The van der Waals surface area contributed by atoms with Gasteiger partial charge in [-0.1, -0.05) is 12.1 Å².